The largest absolute Gasteiger partial charge is 0.459 e. The Labute approximate surface area is 132 Å². The molecule has 7 heteroatoms. The van der Waals surface area contributed by atoms with E-state index >= 15 is 0 Å². The van der Waals surface area contributed by atoms with E-state index in [1.807, 2.05) is 0 Å². The summed E-state index contributed by atoms with van der Waals surface area (Å²) in [4.78, 5) is 23.4. The van der Waals surface area contributed by atoms with E-state index in [0.29, 0.717) is 12.3 Å². The van der Waals surface area contributed by atoms with Crippen molar-refractivity contribution in [2.24, 2.45) is 5.10 Å². The van der Waals surface area contributed by atoms with Gasteiger partial charge < -0.3 is 9.73 Å². The summed E-state index contributed by atoms with van der Waals surface area (Å²) in [7, 11) is 0. The Hall–Kier alpha value is -2.96. The Morgan fingerprint density at radius 1 is 1.22 bits per heavy atom. The third-order valence-corrected chi connectivity index (χ3v) is 2.91. The van der Waals surface area contributed by atoms with E-state index < -0.39 is 5.91 Å². The van der Waals surface area contributed by atoms with Crippen LogP contribution in [0.3, 0.4) is 0 Å². The first-order chi connectivity index (χ1) is 11.0. The number of furan rings is 1. The molecule has 0 aliphatic heterocycles. The van der Waals surface area contributed by atoms with Crippen LogP contribution in [-0.4, -0.2) is 17.5 Å². The van der Waals surface area contributed by atoms with Crippen LogP contribution in [0.1, 0.15) is 29.5 Å². The van der Waals surface area contributed by atoms with Gasteiger partial charge in [-0.2, -0.15) is 5.10 Å². The number of amides is 2. The van der Waals surface area contributed by atoms with Gasteiger partial charge in [0.1, 0.15) is 5.82 Å². The van der Waals surface area contributed by atoms with Crippen molar-refractivity contribution in [3.63, 3.8) is 0 Å². The van der Waals surface area contributed by atoms with Gasteiger partial charge in [-0.15, -0.1) is 0 Å². The molecule has 1 aromatic carbocycles. The zero-order chi connectivity index (χ0) is 16.7. The van der Waals surface area contributed by atoms with Crippen LogP contribution < -0.4 is 10.7 Å². The second-order valence-corrected chi connectivity index (χ2v) is 4.85. The van der Waals surface area contributed by atoms with Crippen LogP contribution in [0.25, 0.3) is 0 Å². The second-order valence-electron chi connectivity index (χ2n) is 4.85. The Kier molecular flexibility index (Phi) is 5.62. The number of halogens is 1. The third-order valence-electron chi connectivity index (χ3n) is 2.91. The number of benzene rings is 1. The Morgan fingerprint density at radius 2 is 1.96 bits per heavy atom. The predicted octanol–water partition coefficient (Wildman–Crippen LogP) is 2.23. The van der Waals surface area contributed by atoms with Crippen molar-refractivity contribution >= 4 is 17.5 Å². The molecule has 2 N–H and O–H groups in total. The molecule has 0 spiro atoms. The summed E-state index contributed by atoms with van der Waals surface area (Å²) in [6.07, 6.45) is 1.42. The summed E-state index contributed by atoms with van der Waals surface area (Å²) in [6.45, 7) is 1.92. The average molecular weight is 317 g/mol. The lowest BCUT2D eigenvalue weighted by Gasteiger charge is -2.05. The number of hydrogen-bond donors (Lipinski definition) is 2. The molecular formula is C16H16FN3O3. The molecule has 2 rings (SSSR count). The molecular weight excluding hydrogens is 301 g/mol. The van der Waals surface area contributed by atoms with E-state index in [0.717, 1.165) is 5.56 Å². The molecule has 0 aliphatic rings. The Balaban J connectivity index is 1.76. The van der Waals surface area contributed by atoms with E-state index in [-0.39, 0.29) is 23.9 Å². The lowest BCUT2D eigenvalue weighted by Crippen LogP contribution is -2.26. The maximum Gasteiger partial charge on any atom is 0.307 e. The van der Waals surface area contributed by atoms with Gasteiger partial charge in [-0.05, 0) is 36.8 Å². The van der Waals surface area contributed by atoms with Crippen molar-refractivity contribution in [2.75, 3.05) is 0 Å². The lowest BCUT2D eigenvalue weighted by atomic mass is 10.2. The summed E-state index contributed by atoms with van der Waals surface area (Å²) in [6, 6.07) is 8.96. The second kappa shape index (κ2) is 7.88. The van der Waals surface area contributed by atoms with E-state index in [1.54, 1.807) is 25.1 Å². The number of carbonyl (C=O) groups is 2. The van der Waals surface area contributed by atoms with Gasteiger partial charge in [0.25, 0.3) is 0 Å². The van der Waals surface area contributed by atoms with Crippen molar-refractivity contribution < 1.29 is 18.4 Å². The highest BCUT2D eigenvalue weighted by atomic mass is 19.1. The number of nitrogens with zero attached hydrogens (tertiary/aromatic N) is 1. The molecule has 0 saturated heterocycles. The molecule has 120 valence electrons. The maximum atomic E-state index is 12.8. The van der Waals surface area contributed by atoms with Crippen molar-refractivity contribution in [2.45, 2.75) is 19.9 Å². The Bertz CT molecular complexity index is 694. The first-order valence-corrected chi connectivity index (χ1v) is 6.93. The van der Waals surface area contributed by atoms with Crippen LogP contribution in [-0.2, 0) is 11.3 Å². The van der Waals surface area contributed by atoms with Crippen molar-refractivity contribution in [3.05, 3.63) is 59.8 Å². The van der Waals surface area contributed by atoms with Gasteiger partial charge in [0, 0.05) is 12.3 Å². The highest BCUT2D eigenvalue weighted by Crippen LogP contribution is 2.02. The molecule has 2 aromatic rings. The van der Waals surface area contributed by atoms with Crippen molar-refractivity contribution in [1.29, 1.82) is 0 Å². The molecule has 0 atom stereocenters. The molecule has 0 radical (unpaired) electrons. The van der Waals surface area contributed by atoms with Gasteiger partial charge in [0.2, 0.25) is 5.91 Å². The van der Waals surface area contributed by atoms with Crippen LogP contribution in [0.2, 0.25) is 0 Å². The van der Waals surface area contributed by atoms with Gasteiger partial charge in [-0.25, -0.2) is 9.82 Å². The number of nitrogens with one attached hydrogen (secondary N) is 2. The quantitative estimate of drug-likeness (QED) is 0.633. The minimum Gasteiger partial charge on any atom is -0.459 e. The minimum atomic E-state index is -0.485. The standard InChI is InChI=1S/C16H16FN3O3/c1-11(19-20-16(22)14-3-2-8-23-14)9-15(21)18-10-12-4-6-13(17)7-5-12/h2-8H,9-10H2,1H3,(H,18,21)(H,20,22). The monoisotopic (exact) mass is 317 g/mol. The van der Waals surface area contributed by atoms with E-state index in [1.165, 1.54) is 24.5 Å². The van der Waals surface area contributed by atoms with E-state index in [9.17, 15) is 14.0 Å². The van der Waals surface area contributed by atoms with Crippen molar-refractivity contribution in [1.82, 2.24) is 10.7 Å². The molecule has 0 saturated carbocycles. The molecule has 23 heavy (non-hydrogen) atoms. The molecule has 0 unspecified atom stereocenters. The molecule has 2 amide bonds. The smallest absolute Gasteiger partial charge is 0.307 e. The van der Waals surface area contributed by atoms with Crippen LogP contribution >= 0.6 is 0 Å². The number of hydrazone groups is 1. The molecule has 1 heterocycles. The summed E-state index contributed by atoms with van der Waals surface area (Å²) < 4.78 is 17.7. The highest BCUT2D eigenvalue weighted by Gasteiger charge is 2.08. The fourth-order valence-corrected chi connectivity index (χ4v) is 1.75. The van der Waals surface area contributed by atoms with Crippen molar-refractivity contribution in [3.8, 4) is 0 Å². The van der Waals surface area contributed by atoms with Crippen LogP contribution in [0, 0.1) is 5.82 Å². The van der Waals surface area contributed by atoms with Gasteiger partial charge >= 0.3 is 5.91 Å². The molecule has 1 aromatic heterocycles. The zero-order valence-electron chi connectivity index (χ0n) is 12.5. The summed E-state index contributed by atoms with van der Waals surface area (Å²) in [5.41, 5.74) is 3.54. The predicted molar refractivity (Wildman–Crippen MR) is 82.1 cm³/mol. The highest BCUT2D eigenvalue weighted by molar-refractivity contribution is 6.00. The lowest BCUT2D eigenvalue weighted by molar-refractivity contribution is -0.120. The zero-order valence-corrected chi connectivity index (χ0v) is 12.5. The van der Waals surface area contributed by atoms with Gasteiger partial charge in [-0.1, -0.05) is 12.1 Å². The first kappa shape index (κ1) is 16.4. The van der Waals surface area contributed by atoms with Crippen LogP contribution in [0.5, 0.6) is 0 Å². The topological polar surface area (TPSA) is 83.7 Å². The Morgan fingerprint density at radius 3 is 2.61 bits per heavy atom. The van der Waals surface area contributed by atoms with Gasteiger partial charge in [0.05, 0.1) is 12.7 Å². The van der Waals surface area contributed by atoms with E-state index in [4.69, 9.17) is 4.42 Å². The number of hydrogen-bond acceptors (Lipinski definition) is 4. The van der Waals surface area contributed by atoms with Gasteiger partial charge in [-0.3, -0.25) is 9.59 Å². The normalized spacial score (nSPS) is 11.1. The third kappa shape index (κ3) is 5.39. The molecule has 0 bridgehead atoms. The number of carbonyl (C=O) groups excluding carboxylic acids is 2. The first-order valence-electron chi connectivity index (χ1n) is 6.93. The van der Waals surface area contributed by atoms with Gasteiger partial charge in [0.15, 0.2) is 5.76 Å². The fourth-order valence-electron chi connectivity index (χ4n) is 1.75. The summed E-state index contributed by atoms with van der Waals surface area (Å²) in [5, 5.41) is 6.52. The molecule has 6 nitrogen and oxygen atoms in total. The summed E-state index contributed by atoms with van der Waals surface area (Å²) in [5.74, 6) is -0.915. The minimum absolute atomic E-state index is 0.0413. The number of rotatable bonds is 6. The summed E-state index contributed by atoms with van der Waals surface area (Å²) >= 11 is 0. The molecule has 0 aliphatic carbocycles. The van der Waals surface area contributed by atoms with Crippen LogP contribution in [0.4, 0.5) is 4.39 Å². The molecule has 0 fully saturated rings. The fraction of sp³-hybridized carbons (Fsp3) is 0.188. The van der Waals surface area contributed by atoms with Crippen LogP contribution in [0.15, 0.2) is 52.2 Å². The van der Waals surface area contributed by atoms with E-state index in [2.05, 4.69) is 15.8 Å². The average Bonchev–Trinajstić information content (AvgIpc) is 3.06. The SMILES string of the molecule is CC(CC(=O)NCc1ccc(F)cc1)=NNC(=O)c1ccco1. The maximum absolute atomic E-state index is 12.8.